The lowest BCUT2D eigenvalue weighted by atomic mass is 10.1. The van der Waals surface area contributed by atoms with Gasteiger partial charge >= 0.3 is 5.76 Å². The van der Waals surface area contributed by atoms with E-state index in [9.17, 15) is 14.0 Å². The number of rotatable bonds is 5. The SMILES string of the molecule is CC(c1ccc(F)cc1)N(C)C(=O)Cn1nc(-c2ccco2)oc1=O. The highest BCUT2D eigenvalue weighted by Gasteiger charge is 2.21. The van der Waals surface area contributed by atoms with E-state index in [1.165, 1.54) is 23.3 Å². The summed E-state index contributed by atoms with van der Waals surface area (Å²) in [5, 5.41) is 3.96. The average Bonchev–Trinajstić information content (AvgIpc) is 3.24. The molecule has 0 spiro atoms. The van der Waals surface area contributed by atoms with E-state index < -0.39 is 5.76 Å². The van der Waals surface area contributed by atoms with Gasteiger partial charge in [0.15, 0.2) is 5.76 Å². The molecule has 1 amide bonds. The summed E-state index contributed by atoms with van der Waals surface area (Å²) in [5.74, 6) is -1.11. The number of amides is 1. The van der Waals surface area contributed by atoms with Gasteiger partial charge in [0.05, 0.1) is 12.3 Å². The number of hydrogen-bond acceptors (Lipinski definition) is 5. The van der Waals surface area contributed by atoms with Crippen LogP contribution in [0.1, 0.15) is 18.5 Å². The molecule has 0 saturated heterocycles. The van der Waals surface area contributed by atoms with Gasteiger partial charge in [-0.05, 0) is 36.8 Å². The van der Waals surface area contributed by atoms with Gasteiger partial charge in [0, 0.05) is 7.05 Å². The number of likely N-dealkylation sites (N-methyl/N-ethyl adjacent to an activating group) is 1. The molecule has 8 heteroatoms. The minimum atomic E-state index is -0.748. The van der Waals surface area contributed by atoms with Crippen LogP contribution < -0.4 is 5.76 Å². The van der Waals surface area contributed by atoms with E-state index in [0.717, 1.165) is 10.2 Å². The van der Waals surface area contributed by atoms with Gasteiger partial charge in [-0.2, -0.15) is 4.68 Å². The smallest absolute Gasteiger partial charge is 0.437 e. The molecule has 0 bridgehead atoms. The molecule has 0 N–H and O–H groups in total. The highest BCUT2D eigenvalue weighted by molar-refractivity contribution is 5.76. The molecule has 7 nitrogen and oxygen atoms in total. The summed E-state index contributed by atoms with van der Waals surface area (Å²) in [6.45, 7) is 1.54. The molecule has 2 aromatic heterocycles. The summed E-state index contributed by atoms with van der Waals surface area (Å²) < 4.78 is 24.1. The second kappa shape index (κ2) is 6.76. The van der Waals surface area contributed by atoms with Crippen LogP contribution in [0.2, 0.25) is 0 Å². The lowest BCUT2D eigenvalue weighted by Crippen LogP contribution is -2.35. The maximum absolute atomic E-state index is 13.0. The van der Waals surface area contributed by atoms with Crippen molar-refractivity contribution in [1.29, 1.82) is 0 Å². The fraction of sp³-hybridized carbons (Fsp3) is 0.235. The number of hydrogen-bond donors (Lipinski definition) is 0. The molecule has 1 aromatic carbocycles. The summed E-state index contributed by atoms with van der Waals surface area (Å²) in [6, 6.07) is 8.84. The van der Waals surface area contributed by atoms with Gasteiger partial charge < -0.3 is 13.7 Å². The maximum Gasteiger partial charge on any atom is 0.437 e. The third-order valence-corrected chi connectivity index (χ3v) is 3.95. The lowest BCUT2D eigenvalue weighted by Gasteiger charge is -2.25. The zero-order valence-electron chi connectivity index (χ0n) is 13.7. The molecule has 0 fully saturated rings. The number of nitrogens with zero attached hydrogens (tertiary/aromatic N) is 3. The van der Waals surface area contributed by atoms with Crippen LogP contribution >= 0.6 is 0 Å². The monoisotopic (exact) mass is 345 g/mol. The molecule has 1 unspecified atom stereocenters. The number of carbonyl (C=O) groups excluding carboxylic acids is 1. The Morgan fingerprint density at radius 3 is 2.68 bits per heavy atom. The van der Waals surface area contributed by atoms with E-state index in [-0.39, 0.29) is 30.2 Å². The summed E-state index contributed by atoms with van der Waals surface area (Å²) >= 11 is 0. The normalized spacial score (nSPS) is 12.1. The molecule has 0 radical (unpaired) electrons. The quantitative estimate of drug-likeness (QED) is 0.709. The fourth-order valence-electron chi connectivity index (χ4n) is 2.33. The topological polar surface area (TPSA) is 81.5 Å². The Morgan fingerprint density at radius 1 is 1.32 bits per heavy atom. The Morgan fingerprint density at radius 2 is 2.04 bits per heavy atom. The summed E-state index contributed by atoms with van der Waals surface area (Å²) in [7, 11) is 1.61. The Bertz CT molecular complexity index is 912. The molecular formula is C17H16FN3O4. The van der Waals surface area contributed by atoms with E-state index in [2.05, 4.69) is 5.10 Å². The first-order chi connectivity index (χ1) is 12.0. The molecule has 0 saturated carbocycles. The van der Waals surface area contributed by atoms with Crippen LogP contribution in [0.5, 0.6) is 0 Å². The third-order valence-electron chi connectivity index (χ3n) is 3.95. The number of benzene rings is 1. The maximum atomic E-state index is 13.0. The highest BCUT2D eigenvalue weighted by Crippen LogP contribution is 2.19. The zero-order chi connectivity index (χ0) is 18.0. The van der Waals surface area contributed by atoms with Crippen molar-refractivity contribution in [2.45, 2.75) is 19.5 Å². The van der Waals surface area contributed by atoms with Crippen LogP contribution in [0.4, 0.5) is 4.39 Å². The predicted octanol–water partition coefficient (Wildman–Crippen LogP) is 2.46. The van der Waals surface area contributed by atoms with Crippen molar-refractivity contribution < 1.29 is 18.0 Å². The van der Waals surface area contributed by atoms with Crippen LogP contribution in [0.25, 0.3) is 11.7 Å². The molecule has 3 aromatic rings. The second-order valence-corrected chi connectivity index (χ2v) is 5.54. The Kier molecular flexibility index (Phi) is 4.51. The zero-order valence-corrected chi connectivity index (χ0v) is 13.7. The largest absolute Gasteiger partial charge is 0.459 e. The first-order valence-electron chi connectivity index (χ1n) is 7.58. The Labute approximate surface area is 142 Å². The first-order valence-corrected chi connectivity index (χ1v) is 7.58. The summed E-state index contributed by atoms with van der Waals surface area (Å²) in [5.41, 5.74) is 0.779. The van der Waals surface area contributed by atoms with Crippen molar-refractivity contribution in [1.82, 2.24) is 14.7 Å². The Balaban J connectivity index is 1.73. The van der Waals surface area contributed by atoms with Gasteiger partial charge in [0.25, 0.3) is 5.89 Å². The van der Waals surface area contributed by atoms with Crippen molar-refractivity contribution in [2.24, 2.45) is 0 Å². The molecule has 0 aliphatic rings. The lowest BCUT2D eigenvalue weighted by molar-refractivity contribution is -0.132. The minimum absolute atomic E-state index is 0.0111. The number of aromatic nitrogens is 2. The second-order valence-electron chi connectivity index (χ2n) is 5.54. The van der Waals surface area contributed by atoms with Gasteiger partial charge in [-0.3, -0.25) is 4.79 Å². The van der Waals surface area contributed by atoms with Crippen molar-refractivity contribution in [3.05, 3.63) is 64.6 Å². The Hall–Kier alpha value is -3.16. The minimum Gasteiger partial charge on any atom is -0.459 e. The standard InChI is InChI=1S/C17H16FN3O4/c1-11(12-5-7-13(18)8-6-12)20(2)15(22)10-21-17(23)25-16(19-21)14-4-3-9-24-14/h3-9,11H,10H2,1-2H3. The molecule has 130 valence electrons. The van der Waals surface area contributed by atoms with Crippen molar-refractivity contribution >= 4 is 5.91 Å². The highest BCUT2D eigenvalue weighted by atomic mass is 19.1. The van der Waals surface area contributed by atoms with Gasteiger partial charge in [0.1, 0.15) is 12.4 Å². The fourth-order valence-corrected chi connectivity index (χ4v) is 2.33. The van der Waals surface area contributed by atoms with Crippen molar-refractivity contribution in [3.63, 3.8) is 0 Å². The van der Waals surface area contributed by atoms with E-state index in [1.54, 1.807) is 31.3 Å². The van der Waals surface area contributed by atoms with Crippen LogP contribution in [-0.2, 0) is 11.3 Å². The van der Waals surface area contributed by atoms with E-state index in [0.29, 0.717) is 5.76 Å². The molecule has 25 heavy (non-hydrogen) atoms. The molecule has 0 aliphatic carbocycles. The van der Waals surface area contributed by atoms with Crippen molar-refractivity contribution in [3.8, 4) is 11.7 Å². The van der Waals surface area contributed by atoms with Crippen LogP contribution in [0.15, 0.2) is 56.3 Å². The molecule has 3 rings (SSSR count). The number of carbonyl (C=O) groups is 1. The van der Waals surface area contributed by atoms with Gasteiger partial charge in [-0.1, -0.05) is 12.1 Å². The molecular weight excluding hydrogens is 329 g/mol. The average molecular weight is 345 g/mol. The summed E-state index contributed by atoms with van der Waals surface area (Å²) in [4.78, 5) is 25.7. The van der Waals surface area contributed by atoms with E-state index >= 15 is 0 Å². The summed E-state index contributed by atoms with van der Waals surface area (Å²) in [6.07, 6.45) is 1.43. The van der Waals surface area contributed by atoms with Crippen LogP contribution in [0.3, 0.4) is 0 Å². The molecule has 2 heterocycles. The molecule has 0 aliphatic heterocycles. The van der Waals surface area contributed by atoms with Crippen molar-refractivity contribution in [2.75, 3.05) is 7.05 Å². The predicted molar refractivity (Wildman–Crippen MR) is 86.1 cm³/mol. The van der Waals surface area contributed by atoms with Gasteiger partial charge in [0.2, 0.25) is 5.91 Å². The van der Waals surface area contributed by atoms with Gasteiger partial charge in [-0.25, -0.2) is 9.18 Å². The van der Waals surface area contributed by atoms with Crippen LogP contribution in [0, 0.1) is 5.82 Å². The number of furan rings is 1. The van der Waals surface area contributed by atoms with E-state index in [4.69, 9.17) is 8.83 Å². The van der Waals surface area contributed by atoms with Gasteiger partial charge in [-0.15, -0.1) is 5.10 Å². The molecule has 1 atom stereocenters. The van der Waals surface area contributed by atoms with E-state index in [1.807, 2.05) is 6.92 Å². The first kappa shape index (κ1) is 16.7. The number of halogens is 1. The third kappa shape index (κ3) is 3.52. The van der Waals surface area contributed by atoms with Crippen LogP contribution in [-0.4, -0.2) is 27.6 Å².